The number of likely N-dealkylation sites (N-methyl/N-ethyl adjacent to an activating group) is 1. The van der Waals surface area contributed by atoms with Gasteiger partial charge in [0.25, 0.3) is 0 Å². The minimum atomic E-state index is 0.264. The molecule has 0 rings (SSSR count). The molecule has 3 nitrogen and oxygen atoms in total. The average molecular weight is 202 g/mol. The monoisotopic (exact) mass is 202 g/mol. The van der Waals surface area contributed by atoms with Gasteiger partial charge >= 0.3 is 0 Å². The van der Waals surface area contributed by atoms with Gasteiger partial charge in [0.05, 0.1) is 6.61 Å². The Morgan fingerprint density at radius 2 is 1.93 bits per heavy atom. The second-order valence-electron chi connectivity index (χ2n) is 4.55. The van der Waals surface area contributed by atoms with Crippen molar-refractivity contribution in [3.63, 3.8) is 0 Å². The van der Waals surface area contributed by atoms with E-state index in [0.29, 0.717) is 0 Å². The van der Waals surface area contributed by atoms with Gasteiger partial charge in [-0.15, -0.1) is 0 Å². The zero-order valence-corrected chi connectivity index (χ0v) is 10.2. The summed E-state index contributed by atoms with van der Waals surface area (Å²) in [4.78, 5) is 2.40. The fraction of sp³-hybridized carbons (Fsp3) is 1.00. The quantitative estimate of drug-likeness (QED) is 0.645. The van der Waals surface area contributed by atoms with Crippen LogP contribution in [0.15, 0.2) is 0 Å². The molecule has 0 fully saturated rings. The van der Waals surface area contributed by atoms with E-state index in [1.54, 1.807) is 7.11 Å². The third-order valence-corrected chi connectivity index (χ3v) is 2.72. The van der Waals surface area contributed by atoms with E-state index in [0.717, 1.165) is 39.2 Å². The Balaban J connectivity index is 3.71. The summed E-state index contributed by atoms with van der Waals surface area (Å²) < 4.78 is 5.07. The van der Waals surface area contributed by atoms with Crippen molar-refractivity contribution in [3.05, 3.63) is 0 Å². The van der Waals surface area contributed by atoms with E-state index in [1.165, 1.54) is 0 Å². The molecule has 0 aromatic carbocycles. The molecule has 2 N–H and O–H groups in total. The van der Waals surface area contributed by atoms with Gasteiger partial charge in [0, 0.05) is 13.7 Å². The Bertz CT molecular complexity index is 137. The third-order valence-electron chi connectivity index (χ3n) is 2.72. The molecule has 0 spiro atoms. The molecule has 0 saturated heterocycles. The first kappa shape index (κ1) is 13.9. The first-order chi connectivity index (χ1) is 6.55. The molecule has 86 valence electrons. The topological polar surface area (TPSA) is 38.5 Å². The summed E-state index contributed by atoms with van der Waals surface area (Å²) in [5.74, 6) is 0. The van der Waals surface area contributed by atoms with Gasteiger partial charge < -0.3 is 15.4 Å². The molecule has 0 aliphatic heterocycles. The molecule has 0 aromatic rings. The molecule has 0 aliphatic carbocycles. The normalized spacial score (nSPS) is 12.4. The van der Waals surface area contributed by atoms with E-state index >= 15 is 0 Å². The van der Waals surface area contributed by atoms with Crippen LogP contribution in [0.1, 0.15) is 27.2 Å². The maximum atomic E-state index is 5.69. The van der Waals surface area contributed by atoms with E-state index in [9.17, 15) is 0 Å². The van der Waals surface area contributed by atoms with Crippen LogP contribution in [-0.2, 0) is 4.74 Å². The van der Waals surface area contributed by atoms with Gasteiger partial charge in [-0.05, 0) is 31.5 Å². The van der Waals surface area contributed by atoms with Gasteiger partial charge in [-0.25, -0.2) is 0 Å². The van der Waals surface area contributed by atoms with Crippen molar-refractivity contribution in [2.75, 3.05) is 39.9 Å². The van der Waals surface area contributed by atoms with Crippen LogP contribution < -0.4 is 5.73 Å². The molecule has 0 atom stereocenters. The number of nitrogens with two attached hydrogens (primary N) is 1. The summed E-state index contributed by atoms with van der Waals surface area (Å²) in [5, 5.41) is 0. The molecule has 0 saturated carbocycles. The molecule has 3 heteroatoms. The molecule has 0 amide bonds. The van der Waals surface area contributed by atoms with Crippen molar-refractivity contribution in [1.29, 1.82) is 0 Å². The van der Waals surface area contributed by atoms with Crippen LogP contribution in [0.5, 0.6) is 0 Å². The lowest BCUT2D eigenvalue weighted by molar-refractivity contribution is 0.141. The summed E-state index contributed by atoms with van der Waals surface area (Å²) in [6, 6.07) is 0. The Morgan fingerprint density at radius 3 is 2.36 bits per heavy atom. The second kappa shape index (κ2) is 7.21. The smallest absolute Gasteiger partial charge is 0.0589 e. The summed E-state index contributed by atoms with van der Waals surface area (Å²) in [5.41, 5.74) is 5.96. The summed E-state index contributed by atoms with van der Waals surface area (Å²) >= 11 is 0. The predicted octanol–water partition coefficient (Wildman–Crippen LogP) is 1.33. The van der Waals surface area contributed by atoms with Gasteiger partial charge in [-0.1, -0.05) is 20.8 Å². The van der Waals surface area contributed by atoms with Crippen LogP contribution >= 0.6 is 0 Å². The minimum absolute atomic E-state index is 0.264. The van der Waals surface area contributed by atoms with E-state index in [2.05, 4.69) is 25.7 Å². The highest BCUT2D eigenvalue weighted by atomic mass is 16.5. The number of ether oxygens (including phenoxy) is 1. The third kappa shape index (κ3) is 6.35. The van der Waals surface area contributed by atoms with Gasteiger partial charge in [0.1, 0.15) is 0 Å². The maximum absolute atomic E-state index is 5.69. The lowest BCUT2D eigenvalue weighted by atomic mass is 9.89. The molecule has 14 heavy (non-hydrogen) atoms. The van der Waals surface area contributed by atoms with Crippen molar-refractivity contribution in [2.45, 2.75) is 27.2 Å². The van der Waals surface area contributed by atoms with Crippen molar-refractivity contribution in [2.24, 2.45) is 11.1 Å². The average Bonchev–Trinajstić information content (AvgIpc) is 2.18. The van der Waals surface area contributed by atoms with E-state index in [1.807, 2.05) is 0 Å². The first-order valence-electron chi connectivity index (χ1n) is 5.47. The van der Waals surface area contributed by atoms with Crippen LogP contribution in [-0.4, -0.2) is 44.8 Å². The van der Waals surface area contributed by atoms with Crippen LogP contribution in [0.3, 0.4) is 0 Å². The SMILES string of the molecule is CCN(CCOC)CCC(C)(C)CN. The lowest BCUT2D eigenvalue weighted by Crippen LogP contribution is -2.33. The molecular formula is C11H26N2O. The zero-order valence-electron chi connectivity index (χ0n) is 10.2. The molecule has 0 aliphatic rings. The lowest BCUT2D eigenvalue weighted by Gasteiger charge is -2.27. The molecule has 0 aromatic heterocycles. The van der Waals surface area contributed by atoms with Crippen molar-refractivity contribution < 1.29 is 4.74 Å². The fourth-order valence-corrected chi connectivity index (χ4v) is 1.21. The number of rotatable bonds is 8. The number of hydrogen-bond acceptors (Lipinski definition) is 3. The fourth-order valence-electron chi connectivity index (χ4n) is 1.21. The second-order valence-corrected chi connectivity index (χ2v) is 4.55. The van der Waals surface area contributed by atoms with Gasteiger partial charge in [0.15, 0.2) is 0 Å². The Morgan fingerprint density at radius 1 is 1.29 bits per heavy atom. The minimum Gasteiger partial charge on any atom is -0.383 e. The largest absolute Gasteiger partial charge is 0.383 e. The van der Waals surface area contributed by atoms with Gasteiger partial charge in [-0.3, -0.25) is 0 Å². The highest BCUT2D eigenvalue weighted by Crippen LogP contribution is 2.18. The van der Waals surface area contributed by atoms with Crippen LogP contribution in [0.25, 0.3) is 0 Å². The van der Waals surface area contributed by atoms with Crippen molar-refractivity contribution in [3.8, 4) is 0 Å². The van der Waals surface area contributed by atoms with Crippen molar-refractivity contribution >= 4 is 0 Å². The van der Waals surface area contributed by atoms with Gasteiger partial charge in [-0.2, -0.15) is 0 Å². The van der Waals surface area contributed by atoms with Gasteiger partial charge in [0.2, 0.25) is 0 Å². The Kier molecular flexibility index (Phi) is 7.15. The van der Waals surface area contributed by atoms with E-state index in [4.69, 9.17) is 10.5 Å². The number of hydrogen-bond donors (Lipinski definition) is 1. The Labute approximate surface area is 88.6 Å². The number of nitrogens with zero attached hydrogens (tertiary/aromatic N) is 1. The van der Waals surface area contributed by atoms with Crippen LogP contribution in [0, 0.1) is 5.41 Å². The van der Waals surface area contributed by atoms with Crippen LogP contribution in [0.2, 0.25) is 0 Å². The molecule has 0 unspecified atom stereocenters. The number of methoxy groups -OCH3 is 1. The predicted molar refractivity (Wildman–Crippen MR) is 61.4 cm³/mol. The summed E-state index contributed by atoms with van der Waals surface area (Å²) in [6.07, 6.45) is 1.15. The molecule has 0 radical (unpaired) electrons. The summed E-state index contributed by atoms with van der Waals surface area (Å²) in [6.45, 7) is 11.4. The van der Waals surface area contributed by atoms with E-state index < -0.39 is 0 Å². The Hall–Kier alpha value is -0.120. The highest BCUT2D eigenvalue weighted by Gasteiger charge is 2.16. The molecule has 0 heterocycles. The maximum Gasteiger partial charge on any atom is 0.0589 e. The zero-order chi connectivity index (χ0) is 11.0. The standard InChI is InChI=1S/C11H26N2O/c1-5-13(8-9-14-4)7-6-11(2,3)10-12/h5-10,12H2,1-4H3. The van der Waals surface area contributed by atoms with Crippen molar-refractivity contribution in [1.82, 2.24) is 4.90 Å². The van der Waals surface area contributed by atoms with Crippen LogP contribution in [0.4, 0.5) is 0 Å². The first-order valence-corrected chi connectivity index (χ1v) is 5.47. The molecular weight excluding hydrogens is 176 g/mol. The van der Waals surface area contributed by atoms with E-state index in [-0.39, 0.29) is 5.41 Å². The molecule has 0 bridgehead atoms. The highest BCUT2D eigenvalue weighted by molar-refractivity contribution is 4.71. The summed E-state index contributed by atoms with van der Waals surface area (Å²) in [7, 11) is 1.75.